The first-order valence-corrected chi connectivity index (χ1v) is 4.40. The van der Waals surface area contributed by atoms with Crippen LogP contribution < -0.4 is 5.73 Å². The van der Waals surface area contributed by atoms with Crippen LogP contribution in [0.15, 0.2) is 12.1 Å². The van der Waals surface area contributed by atoms with Gasteiger partial charge >= 0.3 is 5.97 Å². The molecular weight excluding hydrogens is 234 g/mol. The third kappa shape index (κ3) is 2.01. The summed E-state index contributed by atoms with van der Waals surface area (Å²) in [5.41, 5.74) is 8.48. The summed E-state index contributed by atoms with van der Waals surface area (Å²) in [6.07, 6.45) is 0. The number of carbonyl (C=O) groups excluding carboxylic acids is 1. The SMILES string of the molecule is Cc1cc(N)c(C)c(C(=O)OBr)c1. The van der Waals surface area contributed by atoms with Gasteiger partial charge in [0.25, 0.3) is 0 Å². The zero-order valence-corrected chi connectivity index (χ0v) is 9.01. The maximum atomic E-state index is 11.2. The fourth-order valence-corrected chi connectivity index (χ4v) is 1.31. The number of rotatable bonds is 1. The number of nitrogen functional groups attached to an aromatic ring is 1. The summed E-state index contributed by atoms with van der Waals surface area (Å²) in [5, 5.41) is 0. The zero-order chi connectivity index (χ0) is 10.0. The highest BCUT2D eigenvalue weighted by Gasteiger charge is 2.12. The Balaban J connectivity index is 3.28. The molecule has 1 aromatic rings. The topological polar surface area (TPSA) is 52.3 Å². The lowest BCUT2D eigenvalue weighted by molar-refractivity contribution is 0.0781. The number of benzene rings is 1. The summed E-state index contributed by atoms with van der Waals surface area (Å²) in [5.74, 6) is -0.423. The van der Waals surface area contributed by atoms with Crippen LogP contribution in [0.1, 0.15) is 21.5 Å². The summed E-state index contributed by atoms with van der Waals surface area (Å²) in [4.78, 5) is 11.2. The Kier molecular flexibility index (Phi) is 2.93. The summed E-state index contributed by atoms with van der Waals surface area (Å²) >= 11 is 2.64. The Morgan fingerprint density at radius 1 is 1.46 bits per heavy atom. The monoisotopic (exact) mass is 243 g/mol. The summed E-state index contributed by atoms with van der Waals surface area (Å²) < 4.78 is 4.45. The highest BCUT2D eigenvalue weighted by Crippen LogP contribution is 2.19. The number of hydrogen-bond acceptors (Lipinski definition) is 3. The van der Waals surface area contributed by atoms with E-state index in [1.165, 1.54) is 0 Å². The number of halogens is 1. The van der Waals surface area contributed by atoms with Crippen molar-refractivity contribution < 1.29 is 8.62 Å². The van der Waals surface area contributed by atoms with Gasteiger partial charge in [0.2, 0.25) is 0 Å². The Morgan fingerprint density at radius 3 is 2.62 bits per heavy atom. The number of anilines is 1. The van der Waals surface area contributed by atoms with Crippen LogP contribution in [0, 0.1) is 13.8 Å². The Labute approximate surface area is 85.3 Å². The van der Waals surface area contributed by atoms with Crippen molar-refractivity contribution in [1.82, 2.24) is 0 Å². The number of aryl methyl sites for hydroxylation is 1. The van der Waals surface area contributed by atoms with E-state index in [1.807, 2.05) is 13.0 Å². The molecule has 0 spiro atoms. The zero-order valence-electron chi connectivity index (χ0n) is 7.43. The molecule has 1 rings (SSSR count). The molecule has 0 fully saturated rings. The highest BCUT2D eigenvalue weighted by atomic mass is 79.9. The lowest BCUT2D eigenvalue weighted by atomic mass is 10.0. The largest absolute Gasteiger partial charge is 0.398 e. The molecule has 0 aliphatic carbocycles. The molecule has 0 atom stereocenters. The predicted molar refractivity (Wildman–Crippen MR) is 54.7 cm³/mol. The number of carbonyl (C=O) groups is 1. The first kappa shape index (κ1) is 10.1. The minimum atomic E-state index is -0.423. The Bertz CT molecular complexity index is 350. The van der Waals surface area contributed by atoms with Crippen molar-refractivity contribution in [1.29, 1.82) is 0 Å². The summed E-state index contributed by atoms with van der Waals surface area (Å²) in [7, 11) is 0. The minimum absolute atomic E-state index is 0.423. The third-order valence-corrected chi connectivity index (χ3v) is 2.18. The van der Waals surface area contributed by atoms with E-state index in [9.17, 15) is 4.79 Å². The average Bonchev–Trinajstić information content (AvgIpc) is 2.10. The van der Waals surface area contributed by atoms with Crippen LogP contribution in [-0.2, 0) is 3.83 Å². The molecule has 0 aliphatic heterocycles. The summed E-state index contributed by atoms with van der Waals surface area (Å²) in [6, 6.07) is 3.57. The quantitative estimate of drug-likeness (QED) is 0.771. The Morgan fingerprint density at radius 2 is 2.08 bits per heavy atom. The van der Waals surface area contributed by atoms with Gasteiger partial charge in [0.05, 0.1) is 5.56 Å². The highest BCUT2D eigenvalue weighted by molar-refractivity contribution is 9.06. The van der Waals surface area contributed by atoms with E-state index < -0.39 is 5.97 Å². The molecule has 0 unspecified atom stereocenters. The van der Waals surface area contributed by atoms with Gasteiger partial charge in [0, 0.05) is 5.69 Å². The molecule has 4 heteroatoms. The van der Waals surface area contributed by atoms with E-state index in [1.54, 1.807) is 13.0 Å². The number of nitrogens with two attached hydrogens (primary N) is 1. The van der Waals surface area contributed by atoms with Crippen molar-refractivity contribution in [3.8, 4) is 0 Å². The second-order valence-electron chi connectivity index (χ2n) is 2.89. The first-order chi connectivity index (χ1) is 6.06. The number of hydrogen-bond donors (Lipinski definition) is 1. The maximum Gasteiger partial charge on any atom is 0.349 e. The van der Waals surface area contributed by atoms with Gasteiger partial charge in [-0.3, -0.25) is 0 Å². The second kappa shape index (κ2) is 3.79. The van der Waals surface area contributed by atoms with Gasteiger partial charge in [0.1, 0.15) is 0 Å². The first-order valence-electron chi connectivity index (χ1n) is 3.76. The van der Waals surface area contributed by atoms with E-state index in [2.05, 4.69) is 20.1 Å². The van der Waals surface area contributed by atoms with E-state index in [4.69, 9.17) is 5.73 Å². The molecule has 0 aromatic heterocycles. The standard InChI is InChI=1S/C9H10BrNO2/c1-5-3-7(9(12)13-10)6(2)8(11)4-5/h3-4H,11H2,1-2H3. The van der Waals surface area contributed by atoms with Gasteiger partial charge in [-0.05, 0) is 37.1 Å². The molecule has 0 aliphatic rings. The minimum Gasteiger partial charge on any atom is -0.398 e. The molecule has 0 saturated carbocycles. The predicted octanol–water partition coefficient (Wildman–Crippen LogP) is 2.35. The molecule has 0 saturated heterocycles. The van der Waals surface area contributed by atoms with Gasteiger partial charge in [-0.15, -0.1) is 0 Å². The molecule has 0 heterocycles. The van der Waals surface area contributed by atoms with Gasteiger partial charge in [-0.2, -0.15) is 0 Å². The molecule has 0 amide bonds. The van der Waals surface area contributed by atoms with Crippen LogP contribution in [0.4, 0.5) is 5.69 Å². The third-order valence-electron chi connectivity index (χ3n) is 1.88. The molecule has 1 aromatic carbocycles. The molecule has 0 radical (unpaired) electrons. The van der Waals surface area contributed by atoms with Crippen LogP contribution in [0.25, 0.3) is 0 Å². The smallest absolute Gasteiger partial charge is 0.349 e. The van der Waals surface area contributed by atoms with Crippen LogP contribution in [0.5, 0.6) is 0 Å². The van der Waals surface area contributed by atoms with Crippen molar-refractivity contribution in [2.75, 3.05) is 5.73 Å². The maximum absolute atomic E-state index is 11.2. The van der Waals surface area contributed by atoms with Crippen molar-refractivity contribution in [2.24, 2.45) is 0 Å². The van der Waals surface area contributed by atoms with E-state index in [-0.39, 0.29) is 0 Å². The lowest BCUT2D eigenvalue weighted by Gasteiger charge is -2.06. The molecule has 2 N–H and O–H groups in total. The van der Waals surface area contributed by atoms with Gasteiger partial charge in [-0.1, -0.05) is 0 Å². The van der Waals surface area contributed by atoms with Crippen molar-refractivity contribution in [2.45, 2.75) is 13.8 Å². The van der Waals surface area contributed by atoms with Crippen LogP contribution in [0.3, 0.4) is 0 Å². The molecular formula is C9H10BrNO2. The summed E-state index contributed by atoms with van der Waals surface area (Å²) in [6.45, 7) is 3.66. The van der Waals surface area contributed by atoms with Crippen LogP contribution in [-0.4, -0.2) is 5.97 Å². The van der Waals surface area contributed by atoms with Gasteiger partial charge in [-0.25, -0.2) is 4.79 Å². The van der Waals surface area contributed by atoms with Crippen molar-refractivity contribution >= 4 is 27.9 Å². The second-order valence-corrected chi connectivity index (χ2v) is 3.22. The van der Waals surface area contributed by atoms with E-state index >= 15 is 0 Å². The fraction of sp³-hybridized carbons (Fsp3) is 0.222. The van der Waals surface area contributed by atoms with Gasteiger partial charge < -0.3 is 9.56 Å². The van der Waals surface area contributed by atoms with Crippen molar-refractivity contribution in [3.05, 3.63) is 28.8 Å². The molecule has 70 valence electrons. The Hall–Kier alpha value is -1.03. The normalized spacial score (nSPS) is 9.77. The molecule has 3 nitrogen and oxygen atoms in total. The van der Waals surface area contributed by atoms with E-state index in [0.29, 0.717) is 11.3 Å². The van der Waals surface area contributed by atoms with Crippen molar-refractivity contribution in [3.63, 3.8) is 0 Å². The lowest BCUT2D eigenvalue weighted by Crippen LogP contribution is -2.04. The van der Waals surface area contributed by atoms with Gasteiger partial charge in [0.15, 0.2) is 16.3 Å². The average molecular weight is 244 g/mol. The van der Waals surface area contributed by atoms with E-state index in [0.717, 1.165) is 11.1 Å². The fourth-order valence-electron chi connectivity index (χ4n) is 1.14. The molecule has 0 bridgehead atoms. The van der Waals surface area contributed by atoms with Crippen LogP contribution >= 0.6 is 16.3 Å². The van der Waals surface area contributed by atoms with Crippen LogP contribution in [0.2, 0.25) is 0 Å². The molecule has 13 heavy (non-hydrogen) atoms.